The fourth-order valence-corrected chi connectivity index (χ4v) is 1.79. The molecule has 0 radical (unpaired) electrons. The molecule has 0 aliphatic carbocycles. The Morgan fingerprint density at radius 3 is 2.80 bits per heavy atom. The highest BCUT2D eigenvalue weighted by Gasteiger charge is 2.03. The first kappa shape index (κ1) is 9.85. The summed E-state index contributed by atoms with van der Waals surface area (Å²) in [5, 5.41) is 9.07. The number of anilines is 1. The van der Waals surface area contributed by atoms with Crippen LogP contribution in [0.15, 0.2) is 18.3 Å². The molecule has 0 fully saturated rings. The molecule has 0 bridgehead atoms. The van der Waals surface area contributed by atoms with Crippen molar-refractivity contribution in [2.45, 2.75) is 6.42 Å². The molecule has 0 unspecified atom stereocenters. The second kappa shape index (κ2) is 4.22. The summed E-state index contributed by atoms with van der Waals surface area (Å²) in [5.41, 5.74) is 6.55. The third kappa shape index (κ3) is 2.41. The van der Waals surface area contributed by atoms with Gasteiger partial charge < -0.3 is 10.5 Å². The third-order valence-corrected chi connectivity index (χ3v) is 2.60. The van der Waals surface area contributed by atoms with Gasteiger partial charge in [-0.15, -0.1) is 10.2 Å². The molecule has 0 amide bonds. The molecule has 2 heterocycles. The van der Waals surface area contributed by atoms with Gasteiger partial charge >= 0.3 is 0 Å². The zero-order valence-corrected chi connectivity index (χ0v) is 8.99. The molecule has 2 aromatic heterocycles. The van der Waals surface area contributed by atoms with Gasteiger partial charge in [0, 0.05) is 18.7 Å². The summed E-state index contributed by atoms with van der Waals surface area (Å²) in [6, 6.07) is 3.77. The van der Waals surface area contributed by atoms with E-state index in [1.165, 1.54) is 11.3 Å². The van der Waals surface area contributed by atoms with Crippen molar-refractivity contribution >= 4 is 16.5 Å². The fraction of sp³-hybridized carbons (Fsp3) is 0.222. The zero-order valence-electron chi connectivity index (χ0n) is 8.17. The van der Waals surface area contributed by atoms with E-state index < -0.39 is 0 Å². The Morgan fingerprint density at radius 2 is 2.27 bits per heavy atom. The highest BCUT2D eigenvalue weighted by atomic mass is 32.1. The predicted molar refractivity (Wildman–Crippen MR) is 57.9 cm³/mol. The number of ether oxygens (including phenoxy) is 1. The maximum absolute atomic E-state index is 5.49. The first-order valence-corrected chi connectivity index (χ1v) is 5.16. The summed E-state index contributed by atoms with van der Waals surface area (Å²) in [6.45, 7) is 0. The minimum absolute atomic E-state index is 0.492. The van der Waals surface area contributed by atoms with Gasteiger partial charge in [0.15, 0.2) is 0 Å². The summed E-state index contributed by atoms with van der Waals surface area (Å²) in [7, 11) is 1.59. The van der Waals surface area contributed by atoms with E-state index >= 15 is 0 Å². The summed E-state index contributed by atoms with van der Waals surface area (Å²) in [5.74, 6) is 0.607. The summed E-state index contributed by atoms with van der Waals surface area (Å²) in [4.78, 5) is 4.10. The van der Waals surface area contributed by atoms with Crippen molar-refractivity contribution in [2.75, 3.05) is 12.8 Å². The van der Waals surface area contributed by atoms with E-state index in [4.69, 9.17) is 10.5 Å². The van der Waals surface area contributed by atoms with Gasteiger partial charge in [0.2, 0.25) is 11.0 Å². The van der Waals surface area contributed by atoms with Crippen molar-refractivity contribution in [2.24, 2.45) is 0 Å². The molecule has 2 N–H and O–H groups in total. The van der Waals surface area contributed by atoms with Crippen LogP contribution in [0.1, 0.15) is 10.6 Å². The van der Waals surface area contributed by atoms with Crippen LogP contribution in [0, 0.1) is 0 Å². The van der Waals surface area contributed by atoms with Crippen molar-refractivity contribution < 1.29 is 4.74 Å². The van der Waals surface area contributed by atoms with Gasteiger partial charge in [0.05, 0.1) is 7.11 Å². The van der Waals surface area contributed by atoms with E-state index in [-0.39, 0.29) is 0 Å². The van der Waals surface area contributed by atoms with Crippen molar-refractivity contribution in [3.8, 4) is 5.88 Å². The highest BCUT2D eigenvalue weighted by molar-refractivity contribution is 7.15. The van der Waals surface area contributed by atoms with E-state index in [0.717, 1.165) is 10.6 Å². The lowest BCUT2D eigenvalue weighted by Crippen LogP contribution is -1.91. The number of aromatic nitrogens is 3. The van der Waals surface area contributed by atoms with Gasteiger partial charge in [-0.3, -0.25) is 0 Å². The SMILES string of the molecule is COc1ccc(Cc2nnc(N)s2)cn1. The number of rotatable bonds is 3. The fourth-order valence-electron chi connectivity index (χ4n) is 1.15. The largest absolute Gasteiger partial charge is 0.481 e. The Morgan fingerprint density at radius 1 is 1.40 bits per heavy atom. The van der Waals surface area contributed by atoms with Crippen LogP contribution in [0.2, 0.25) is 0 Å². The molecule has 0 spiro atoms. The second-order valence-electron chi connectivity index (χ2n) is 2.92. The summed E-state index contributed by atoms with van der Waals surface area (Å²) < 4.78 is 4.97. The number of hydrogen-bond acceptors (Lipinski definition) is 6. The molecule has 0 saturated carbocycles. The van der Waals surface area contributed by atoms with Gasteiger partial charge in [-0.25, -0.2) is 4.98 Å². The topological polar surface area (TPSA) is 73.9 Å². The molecule has 0 aromatic carbocycles. The molecule has 0 aliphatic rings. The Bertz CT molecular complexity index is 440. The average Bonchev–Trinajstić information content (AvgIpc) is 2.65. The van der Waals surface area contributed by atoms with E-state index in [2.05, 4.69) is 15.2 Å². The lowest BCUT2D eigenvalue weighted by atomic mass is 10.2. The molecule has 78 valence electrons. The maximum Gasteiger partial charge on any atom is 0.212 e. The first-order valence-electron chi connectivity index (χ1n) is 4.34. The number of nitrogen functional groups attached to an aromatic ring is 1. The van der Waals surface area contributed by atoms with Gasteiger partial charge in [0.25, 0.3) is 0 Å². The normalized spacial score (nSPS) is 10.2. The minimum Gasteiger partial charge on any atom is -0.481 e. The van der Waals surface area contributed by atoms with Crippen molar-refractivity contribution in [1.82, 2.24) is 15.2 Å². The van der Waals surface area contributed by atoms with E-state index in [1.807, 2.05) is 12.1 Å². The lowest BCUT2D eigenvalue weighted by Gasteiger charge is -1.99. The van der Waals surface area contributed by atoms with E-state index in [1.54, 1.807) is 13.3 Å². The van der Waals surface area contributed by atoms with Crippen LogP contribution in [-0.4, -0.2) is 22.3 Å². The quantitative estimate of drug-likeness (QED) is 0.842. The Labute approximate surface area is 90.9 Å². The van der Waals surface area contributed by atoms with Crippen LogP contribution in [-0.2, 0) is 6.42 Å². The van der Waals surface area contributed by atoms with Crippen LogP contribution < -0.4 is 10.5 Å². The molecule has 2 aromatic rings. The summed E-state index contributed by atoms with van der Waals surface area (Å²) in [6.07, 6.45) is 2.46. The molecule has 2 rings (SSSR count). The first-order chi connectivity index (χ1) is 7.28. The Hall–Kier alpha value is -1.69. The third-order valence-electron chi connectivity index (χ3n) is 1.84. The van der Waals surface area contributed by atoms with Gasteiger partial charge in [-0.2, -0.15) is 0 Å². The van der Waals surface area contributed by atoms with Crippen LogP contribution >= 0.6 is 11.3 Å². The van der Waals surface area contributed by atoms with Crippen molar-refractivity contribution in [1.29, 1.82) is 0 Å². The minimum atomic E-state index is 0.492. The maximum atomic E-state index is 5.49. The van der Waals surface area contributed by atoms with Gasteiger partial charge in [-0.1, -0.05) is 17.4 Å². The Balaban J connectivity index is 2.11. The molecule has 6 heteroatoms. The van der Waals surface area contributed by atoms with Crippen LogP contribution in [0.3, 0.4) is 0 Å². The van der Waals surface area contributed by atoms with Crippen LogP contribution in [0.5, 0.6) is 5.88 Å². The van der Waals surface area contributed by atoms with Crippen LogP contribution in [0.25, 0.3) is 0 Å². The Kier molecular flexibility index (Phi) is 2.77. The summed E-state index contributed by atoms with van der Waals surface area (Å²) >= 11 is 1.39. The second-order valence-corrected chi connectivity index (χ2v) is 4.01. The molecule has 0 atom stereocenters. The van der Waals surface area contributed by atoms with Gasteiger partial charge in [-0.05, 0) is 5.56 Å². The molecular weight excluding hydrogens is 212 g/mol. The van der Waals surface area contributed by atoms with Crippen LogP contribution in [0.4, 0.5) is 5.13 Å². The van der Waals surface area contributed by atoms with E-state index in [0.29, 0.717) is 17.4 Å². The smallest absolute Gasteiger partial charge is 0.212 e. The average molecular weight is 222 g/mol. The molecular formula is C9H10N4OS. The standard InChI is InChI=1S/C9H10N4OS/c1-14-7-3-2-6(5-11-7)4-8-12-13-9(10)15-8/h2-3,5H,4H2,1H3,(H2,10,13). The molecule has 5 nitrogen and oxygen atoms in total. The number of nitrogens with two attached hydrogens (primary N) is 1. The lowest BCUT2D eigenvalue weighted by molar-refractivity contribution is 0.397. The molecule has 0 aliphatic heterocycles. The molecule has 0 saturated heterocycles. The molecule has 15 heavy (non-hydrogen) atoms. The predicted octanol–water partition coefficient (Wildman–Crippen LogP) is 1.11. The highest BCUT2D eigenvalue weighted by Crippen LogP contribution is 2.16. The van der Waals surface area contributed by atoms with Crippen molar-refractivity contribution in [3.63, 3.8) is 0 Å². The zero-order chi connectivity index (χ0) is 10.7. The van der Waals surface area contributed by atoms with E-state index in [9.17, 15) is 0 Å². The van der Waals surface area contributed by atoms with Crippen molar-refractivity contribution in [3.05, 3.63) is 28.9 Å². The van der Waals surface area contributed by atoms with Gasteiger partial charge in [0.1, 0.15) is 5.01 Å². The number of hydrogen-bond donors (Lipinski definition) is 1. The monoisotopic (exact) mass is 222 g/mol. The number of nitrogens with zero attached hydrogens (tertiary/aromatic N) is 3. The number of pyridine rings is 1. The number of methoxy groups -OCH3 is 1.